The molecule has 0 aliphatic heterocycles. The Labute approximate surface area is 88.9 Å². The van der Waals surface area contributed by atoms with Gasteiger partial charge in [-0.25, -0.2) is 0 Å². The van der Waals surface area contributed by atoms with Crippen LogP contribution in [0.3, 0.4) is 0 Å². The van der Waals surface area contributed by atoms with E-state index in [2.05, 4.69) is 0 Å². The highest BCUT2D eigenvalue weighted by Crippen LogP contribution is 2.82. The van der Waals surface area contributed by atoms with Crippen molar-refractivity contribution in [1.82, 2.24) is 0 Å². The number of hydrogen-bond donors (Lipinski definition) is 1. The van der Waals surface area contributed by atoms with E-state index < -0.39 is 5.97 Å². The van der Waals surface area contributed by atoms with Crippen molar-refractivity contribution in [2.24, 2.45) is 16.7 Å². The smallest absolute Gasteiger partial charge is 0.303 e. The number of carbonyl (C=O) groups excluding carboxylic acids is 1. The van der Waals surface area contributed by atoms with Gasteiger partial charge in [0.05, 0.1) is 6.42 Å². The molecule has 0 amide bonds. The Hall–Kier alpha value is -0.860. The Morgan fingerprint density at radius 3 is 2.93 bits per heavy atom. The van der Waals surface area contributed by atoms with E-state index >= 15 is 0 Å². The van der Waals surface area contributed by atoms with Crippen LogP contribution < -0.4 is 0 Å². The van der Waals surface area contributed by atoms with Crippen molar-refractivity contribution < 1.29 is 14.7 Å². The molecule has 3 heteroatoms. The highest BCUT2D eigenvalue weighted by atomic mass is 16.4. The van der Waals surface area contributed by atoms with Gasteiger partial charge in [0.15, 0.2) is 0 Å². The third-order valence-corrected chi connectivity index (χ3v) is 5.12. The number of carbonyl (C=O) groups is 2. The summed E-state index contributed by atoms with van der Waals surface area (Å²) in [5.41, 5.74) is -0.296. The minimum Gasteiger partial charge on any atom is -0.481 e. The molecule has 15 heavy (non-hydrogen) atoms. The summed E-state index contributed by atoms with van der Waals surface area (Å²) in [5.74, 6) is 0.0621. The third-order valence-electron chi connectivity index (χ3n) is 5.12. The van der Waals surface area contributed by atoms with Crippen LogP contribution in [-0.4, -0.2) is 16.9 Å². The molecule has 3 atom stereocenters. The number of carboxylic acids is 1. The predicted octanol–water partition coefficient (Wildman–Crippen LogP) is 2.00. The molecule has 3 aliphatic rings. The number of carboxylic acid groups (broad SMARTS) is 1. The van der Waals surface area contributed by atoms with Crippen LogP contribution in [0, 0.1) is 16.7 Å². The molecule has 0 aromatic carbocycles. The van der Waals surface area contributed by atoms with Crippen LogP contribution in [0.1, 0.15) is 44.9 Å². The van der Waals surface area contributed by atoms with Crippen LogP contribution in [0.2, 0.25) is 0 Å². The fourth-order valence-electron chi connectivity index (χ4n) is 4.73. The van der Waals surface area contributed by atoms with Gasteiger partial charge in [0.2, 0.25) is 0 Å². The average Bonchev–Trinajstić information content (AvgIpc) is 2.56. The predicted molar refractivity (Wildman–Crippen MR) is 53.3 cm³/mol. The molecule has 0 bridgehead atoms. The topological polar surface area (TPSA) is 54.4 Å². The fraction of sp³-hybridized carbons (Fsp3) is 0.833. The second kappa shape index (κ2) is 2.63. The van der Waals surface area contributed by atoms with Gasteiger partial charge in [-0.05, 0) is 37.0 Å². The summed E-state index contributed by atoms with van der Waals surface area (Å²) in [7, 11) is 0. The number of aliphatic carboxylic acids is 1. The minimum absolute atomic E-state index is 0.119. The van der Waals surface area contributed by atoms with Crippen LogP contribution in [0.4, 0.5) is 0 Å². The first kappa shape index (κ1) is 9.37. The van der Waals surface area contributed by atoms with Crippen molar-refractivity contribution in [3.63, 3.8) is 0 Å². The van der Waals surface area contributed by atoms with Gasteiger partial charge in [0.25, 0.3) is 0 Å². The van der Waals surface area contributed by atoms with Gasteiger partial charge in [0, 0.05) is 11.8 Å². The maximum absolute atomic E-state index is 12.0. The summed E-state index contributed by atoms with van der Waals surface area (Å²) < 4.78 is 0. The van der Waals surface area contributed by atoms with E-state index in [1.54, 1.807) is 0 Å². The van der Waals surface area contributed by atoms with Crippen molar-refractivity contribution in [2.45, 2.75) is 44.9 Å². The Morgan fingerprint density at radius 1 is 1.40 bits per heavy atom. The molecule has 3 fully saturated rings. The van der Waals surface area contributed by atoms with Gasteiger partial charge in [-0.15, -0.1) is 0 Å². The van der Waals surface area contributed by atoms with E-state index in [0.29, 0.717) is 18.1 Å². The van der Waals surface area contributed by atoms with E-state index in [1.807, 2.05) is 0 Å². The lowest BCUT2D eigenvalue weighted by atomic mass is 9.74. The van der Waals surface area contributed by atoms with Crippen molar-refractivity contribution >= 4 is 11.8 Å². The monoisotopic (exact) mass is 208 g/mol. The SMILES string of the molecule is O=C(O)CC12CCCC(=O)C13CCCC23. The standard InChI is InChI=1S/C12H16O3/c13-9-4-2-5-11(7-10(14)15)8-3-1-6-12(8,9)11/h8H,1-7H2,(H,14,15). The lowest BCUT2D eigenvalue weighted by Crippen LogP contribution is -2.30. The maximum Gasteiger partial charge on any atom is 0.303 e. The van der Waals surface area contributed by atoms with Gasteiger partial charge < -0.3 is 5.11 Å². The van der Waals surface area contributed by atoms with Gasteiger partial charge in [-0.1, -0.05) is 6.42 Å². The summed E-state index contributed by atoms with van der Waals surface area (Å²) in [6.07, 6.45) is 5.96. The van der Waals surface area contributed by atoms with Crippen LogP contribution in [0.25, 0.3) is 0 Å². The zero-order valence-electron chi connectivity index (χ0n) is 8.79. The number of Topliss-reactive ketones (excluding diaryl/α,β-unsaturated/α-hetero) is 1. The summed E-state index contributed by atoms with van der Waals surface area (Å²) in [6, 6.07) is 0. The molecule has 1 spiro atoms. The Morgan fingerprint density at radius 2 is 2.20 bits per heavy atom. The van der Waals surface area contributed by atoms with E-state index in [-0.39, 0.29) is 17.3 Å². The summed E-state index contributed by atoms with van der Waals surface area (Å²) >= 11 is 0. The second-order valence-corrected chi connectivity index (χ2v) is 5.42. The van der Waals surface area contributed by atoms with E-state index in [0.717, 1.165) is 32.1 Å². The first-order valence-corrected chi connectivity index (χ1v) is 5.89. The van der Waals surface area contributed by atoms with E-state index in [1.165, 1.54) is 0 Å². The Bertz CT molecular complexity index is 349. The van der Waals surface area contributed by atoms with Crippen molar-refractivity contribution in [3.8, 4) is 0 Å². The molecule has 0 aromatic rings. The zero-order chi connectivity index (χ0) is 10.7. The quantitative estimate of drug-likeness (QED) is 0.755. The second-order valence-electron chi connectivity index (χ2n) is 5.42. The molecule has 82 valence electrons. The van der Waals surface area contributed by atoms with Crippen molar-refractivity contribution in [3.05, 3.63) is 0 Å². The molecule has 0 saturated heterocycles. The molecule has 3 unspecified atom stereocenters. The molecular formula is C12H16O3. The molecule has 1 N–H and O–H groups in total. The van der Waals surface area contributed by atoms with Crippen LogP contribution in [-0.2, 0) is 9.59 Å². The minimum atomic E-state index is -0.724. The van der Waals surface area contributed by atoms with Crippen molar-refractivity contribution in [1.29, 1.82) is 0 Å². The molecule has 3 rings (SSSR count). The van der Waals surface area contributed by atoms with Gasteiger partial charge in [-0.3, -0.25) is 9.59 Å². The zero-order valence-corrected chi connectivity index (χ0v) is 8.79. The van der Waals surface area contributed by atoms with Crippen molar-refractivity contribution in [2.75, 3.05) is 0 Å². The number of hydrogen-bond acceptors (Lipinski definition) is 2. The molecule has 0 heterocycles. The van der Waals surface area contributed by atoms with E-state index in [9.17, 15) is 9.59 Å². The molecule has 3 aliphatic carbocycles. The van der Waals surface area contributed by atoms with Crippen LogP contribution in [0.15, 0.2) is 0 Å². The summed E-state index contributed by atoms with van der Waals surface area (Å²) in [4.78, 5) is 23.0. The normalized spacial score (nSPS) is 47.2. The molecule has 3 saturated carbocycles. The largest absolute Gasteiger partial charge is 0.481 e. The highest BCUT2D eigenvalue weighted by Gasteiger charge is 2.81. The maximum atomic E-state index is 12.0. The number of fused-ring (bicyclic) bond motifs is 1. The van der Waals surface area contributed by atoms with Gasteiger partial charge >= 0.3 is 5.97 Å². The van der Waals surface area contributed by atoms with Crippen LogP contribution >= 0.6 is 0 Å². The highest BCUT2D eigenvalue weighted by molar-refractivity contribution is 5.92. The number of ketones is 1. The Kier molecular flexibility index (Phi) is 1.64. The third kappa shape index (κ3) is 0.876. The summed E-state index contributed by atoms with van der Waals surface area (Å²) in [5, 5.41) is 8.98. The van der Waals surface area contributed by atoms with Gasteiger partial charge in [-0.2, -0.15) is 0 Å². The van der Waals surface area contributed by atoms with E-state index in [4.69, 9.17) is 5.11 Å². The van der Waals surface area contributed by atoms with Gasteiger partial charge in [0.1, 0.15) is 5.78 Å². The molecule has 3 nitrogen and oxygen atoms in total. The lowest BCUT2D eigenvalue weighted by molar-refractivity contribution is -0.140. The fourth-order valence-corrected chi connectivity index (χ4v) is 4.73. The average molecular weight is 208 g/mol. The van der Waals surface area contributed by atoms with Crippen LogP contribution in [0.5, 0.6) is 0 Å². The molecule has 0 aromatic heterocycles. The lowest BCUT2D eigenvalue weighted by Gasteiger charge is -2.28. The summed E-state index contributed by atoms with van der Waals surface area (Å²) in [6.45, 7) is 0. The first-order chi connectivity index (χ1) is 7.13. The number of rotatable bonds is 2. The molecular weight excluding hydrogens is 192 g/mol. The first-order valence-electron chi connectivity index (χ1n) is 5.89. The Balaban J connectivity index is 1.96. The molecule has 0 radical (unpaired) electrons.